The number of unbranched alkanes of at least 4 members (excludes halogenated alkanes) is 4. The molecular formula is C61H86N12O9. The number of aromatic amines is 1. The molecule has 444 valence electrons. The van der Waals surface area contributed by atoms with Crippen molar-refractivity contribution in [1.82, 2.24) is 42.2 Å². The van der Waals surface area contributed by atoms with Crippen LogP contribution in [0.15, 0.2) is 85.1 Å². The van der Waals surface area contributed by atoms with E-state index in [1.54, 1.807) is 18.3 Å². The Morgan fingerprint density at radius 2 is 1.17 bits per heavy atom. The Morgan fingerprint density at radius 3 is 1.83 bits per heavy atom. The van der Waals surface area contributed by atoms with Gasteiger partial charge in [-0.2, -0.15) is 0 Å². The molecule has 8 atom stereocenters. The van der Waals surface area contributed by atoms with Crippen LogP contribution in [0.25, 0.3) is 10.9 Å². The molecule has 6 rings (SSSR count). The highest BCUT2D eigenvalue weighted by atomic mass is 16.2. The SMILES string of the molecule is CCCCCCCC(=O)N[C@H](CCN)C(=O)C[C@H]1CCNC(=O)[C@H](Cc2c[nH]c3ccccc23)NC(=O)[C@H](CCN)NC(=O)[C@H](CCN)NC(=O)[C@H](C2Cc3ccccc3C2)NC(=O)[C@@H](Cc2ccccc2)CC(=O)[C@H](CCN)NC1=O. The van der Waals surface area contributed by atoms with Crippen molar-refractivity contribution in [1.29, 1.82) is 0 Å². The average molecular weight is 1130 g/mol. The van der Waals surface area contributed by atoms with E-state index in [1.165, 1.54) is 0 Å². The number of ketones is 2. The number of Topliss-reactive ketones (excluding diaryl/α,β-unsaturated/α-hetero) is 2. The molecule has 1 aliphatic heterocycles. The summed E-state index contributed by atoms with van der Waals surface area (Å²) in [6, 6.07) is 16.8. The predicted molar refractivity (Wildman–Crippen MR) is 313 cm³/mol. The highest BCUT2D eigenvalue weighted by Gasteiger charge is 2.40. The molecule has 0 unspecified atom stereocenters. The summed E-state index contributed by atoms with van der Waals surface area (Å²) in [5.74, 6) is -8.27. The predicted octanol–water partition coefficient (Wildman–Crippen LogP) is 1.70. The van der Waals surface area contributed by atoms with Crippen LogP contribution >= 0.6 is 0 Å². The molecule has 16 N–H and O–H groups in total. The zero-order chi connectivity index (χ0) is 59.0. The van der Waals surface area contributed by atoms with Gasteiger partial charge in [0.05, 0.1) is 12.1 Å². The van der Waals surface area contributed by atoms with E-state index in [0.717, 1.165) is 53.3 Å². The Labute approximate surface area is 480 Å². The summed E-state index contributed by atoms with van der Waals surface area (Å²) >= 11 is 0. The molecule has 1 saturated heterocycles. The Bertz CT molecular complexity index is 2770. The first-order chi connectivity index (χ1) is 39.7. The smallest absolute Gasteiger partial charge is 0.243 e. The van der Waals surface area contributed by atoms with Crippen LogP contribution in [0.4, 0.5) is 0 Å². The van der Waals surface area contributed by atoms with E-state index in [-0.39, 0.29) is 90.0 Å². The van der Waals surface area contributed by atoms with E-state index in [4.69, 9.17) is 22.9 Å². The number of fused-ring (bicyclic) bond motifs is 2. The molecule has 21 heteroatoms. The lowest BCUT2D eigenvalue weighted by atomic mass is 9.88. The minimum atomic E-state index is -1.30. The maximum absolute atomic E-state index is 14.9. The molecular weight excluding hydrogens is 1040 g/mol. The molecule has 0 radical (unpaired) electrons. The van der Waals surface area contributed by atoms with Crippen molar-refractivity contribution < 1.29 is 43.2 Å². The minimum Gasteiger partial charge on any atom is -0.361 e. The number of carbonyl (C=O) groups is 9. The molecule has 0 bridgehead atoms. The van der Waals surface area contributed by atoms with Crippen LogP contribution in [0.3, 0.4) is 0 Å². The number of benzene rings is 3. The summed E-state index contributed by atoms with van der Waals surface area (Å²) < 4.78 is 0. The van der Waals surface area contributed by atoms with Gasteiger partial charge >= 0.3 is 0 Å². The monoisotopic (exact) mass is 1130 g/mol. The van der Waals surface area contributed by atoms with Gasteiger partial charge < -0.3 is 65.1 Å². The maximum Gasteiger partial charge on any atom is 0.243 e. The highest BCUT2D eigenvalue weighted by molar-refractivity contribution is 5.98. The van der Waals surface area contributed by atoms with Crippen molar-refractivity contribution in [2.45, 2.75) is 152 Å². The fourth-order valence-corrected chi connectivity index (χ4v) is 11.1. The molecule has 1 aromatic heterocycles. The first kappa shape index (κ1) is 63.8. The van der Waals surface area contributed by atoms with Gasteiger partial charge in [-0.15, -0.1) is 0 Å². The van der Waals surface area contributed by atoms with Gasteiger partial charge in [-0.3, -0.25) is 43.2 Å². The van der Waals surface area contributed by atoms with Gasteiger partial charge in [0.25, 0.3) is 0 Å². The molecule has 4 aromatic rings. The lowest BCUT2D eigenvalue weighted by Crippen LogP contribution is -2.60. The Kier molecular flexibility index (Phi) is 25.7. The first-order valence-corrected chi connectivity index (χ1v) is 29.3. The number of nitrogens with one attached hydrogen (secondary N) is 8. The van der Waals surface area contributed by atoms with E-state index < -0.39 is 114 Å². The van der Waals surface area contributed by atoms with Crippen LogP contribution in [0.1, 0.15) is 113 Å². The first-order valence-electron chi connectivity index (χ1n) is 29.3. The molecule has 21 nitrogen and oxygen atoms in total. The van der Waals surface area contributed by atoms with Crippen molar-refractivity contribution >= 4 is 63.8 Å². The van der Waals surface area contributed by atoms with Crippen LogP contribution in [0.2, 0.25) is 0 Å². The molecule has 3 aromatic carbocycles. The fraction of sp³-hybridized carbons (Fsp3) is 0.525. The molecule has 0 spiro atoms. The van der Waals surface area contributed by atoms with Gasteiger partial charge in [0, 0.05) is 61.2 Å². The second kappa shape index (κ2) is 32.9. The normalized spacial score (nSPS) is 22.5. The Balaban J connectivity index is 1.38. The largest absolute Gasteiger partial charge is 0.361 e. The average Bonchev–Trinajstić information content (AvgIpc) is 4.28. The molecule has 2 aliphatic rings. The highest BCUT2D eigenvalue weighted by Crippen LogP contribution is 2.30. The van der Waals surface area contributed by atoms with Crippen LogP contribution in [0.5, 0.6) is 0 Å². The van der Waals surface area contributed by atoms with Crippen molar-refractivity contribution in [2.24, 2.45) is 40.7 Å². The number of nitrogens with two attached hydrogens (primary N) is 4. The summed E-state index contributed by atoms with van der Waals surface area (Å²) in [6.45, 7) is 1.80. The van der Waals surface area contributed by atoms with Crippen molar-refractivity contribution in [3.63, 3.8) is 0 Å². The summed E-state index contributed by atoms with van der Waals surface area (Å²) in [4.78, 5) is 133. The number of carbonyl (C=O) groups excluding carboxylic acids is 9. The zero-order valence-corrected chi connectivity index (χ0v) is 47.3. The lowest BCUT2D eigenvalue weighted by Gasteiger charge is -2.29. The number of hydrogen-bond acceptors (Lipinski definition) is 13. The van der Waals surface area contributed by atoms with Crippen LogP contribution in [-0.2, 0) is 68.8 Å². The van der Waals surface area contributed by atoms with Gasteiger partial charge in [-0.1, -0.05) is 105 Å². The summed E-state index contributed by atoms with van der Waals surface area (Å²) in [6.07, 6.45) is 6.31. The number of aromatic nitrogens is 1. The third-order valence-electron chi connectivity index (χ3n) is 15.6. The number of rotatable bonds is 23. The van der Waals surface area contributed by atoms with Gasteiger partial charge in [0.2, 0.25) is 41.4 Å². The Morgan fingerprint density at radius 1 is 0.585 bits per heavy atom. The Hall–Kier alpha value is -7.33. The fourth-order valence-electron chi connectivity index (χ4n) is 11.1. The lowest BCUT2D eigenvalue weighted by molar-refractivity contribution is -0.137. The second-order valence-electron chi connectivity index (χ2n) is 21.8. The molecule has 82 heavy (non-hydrogen) atoms. The minimum absolute atomic E-state index is 0.0233. The third kappa shape index (κ3) is 18.9. The van der Waals surface area contributed by atoms with E-state index in [9.17, 15) is 43.2 Å². The van der Waals surface area contributed by atoms with E-state index in [0.29, 0.717) is 24.8 Å². The van der Waals surface area contributed by atoms with E-state index in [1.807, 2.05) is 66.7 Å². The number of H-pyrrole nitrogens is 1. The van der Waals surface area contributed by atoms with Gasteiger partial charge in [0.1, 0.15) is 24.2 Å². The summed E-state index contributed by atoms with van der Waals surface area (Å²) in [7, 11) is 0. The van der Waals surface area contributed by atoms with Crippen molar-refractivity contribution in [3.05, 3.63) is 107 Å². The third-order valence-corrected chi connectivity index (χ3v) is 15.6. The van der Waals surface area contributed by atoms with E-state index in [2.05, 4.69) is 49.1 Å². The van der Waals surface area contributed by atoms with Crippen molar-refractivity contribution in [2.75, 3.05) is 32.7 Å². The van der Waals surface area contributed by atoms with Crippen LogP contribution < -0.4 is 60.2 Å². The summed E-state index contributed by atoms with van der Waals surface area (Å²) in [5, 5.41) is 20.7. The summed E-state index contributed by atoms with van der Waals surface area (Å²) in [5.41, 5.74) is 28.3. The number of hydrogen-bond donors (Lipinski definition) is 12. The number of amides is 7. The molecule has 0 saturated carbocycles. The van der Waals surface area contributed by atoms with Crippen molar-refractivity contribution in [3.8, 4) is 0 Å². The standard InChI is InChI=1S/C61H86N12O9/c1-2-3-4-5-9-20-54(76)68-47(21-26-62)52(74)35-41-25-30-66-58(79)51(34-44-37-67-46-19-13-12-18-45(44)46)72-60(81)49(23-28-64)70-59(80)50(24-29-65)71-61(82)55(42-32-39-16-10-11-17-40(39)33-42)73-57(78)43(31-38-14-7-6-8-15-38)36-53(75)48(22-27-63)69-56(41)77/h6-8,10-19,37,41-43,47-51,55,67H,2-5,9,20-36,62-65H2,1H3,(H,66,79)(H,68,76)(H,69,77)(H,70,80)(H,71,82)(H,72,81)(H,73,78)/t41-,43+,47-,48+,49+,50+,51+,55+/m1/s1. The quantitative estimate of drug-likeness (QED) is 0.0472. The van der Waals surface area contributed by atoms with E-state index >= 15 is 0 Å². The maximum atomic E-state index is 14.9. The van der Waals surface area contributed by atoms with Crippen LogP contribution in [0, 0.1) is 17.8 Å². The second-order valence-corrected chi connectivity index (χ2v) is 21.8. The van der Waals surface area contributed by atoms with Crippen LogP contribution in [-0.4, -0.2) is 127 Å². The molecule has 1 aliphatic carbocycles. The molecule has 2 heterocycles. The molecule has 7 amide bonds. The van der Waals surface area contributed by atoms with Gasteiger partial charge in [0.15, 0.2) is 11.6 Å². The zero-order valence-electron chi connectivity index (χ0n) is 47.3. The number of para-hydroxylation sites is 1. The topological polar surface area (TPSA) is 358 Å². The van der Waals surface area contributed by atoms with Gasteiger partial charge in [-0.25, -0.2) is 0 Å². The molecule has 1 fully saturated rings. The van der Waals surface area contributed by atoms with Gasteiger partial charge in [-0.05, 0) is 118 Å².